The lowest BCUT2D eigenvalue weighted by Gasteiger charge is -2.16. The molecule has 0 amide bonds. The molecule has 0 radical (unpaired) electrons. The van der Waals surface area contributed by atoms with E-state index < -0.39 is 0 Å². The second-order valence-corrected chi connectivity index (χ2v) is 4.71. The predicted molar refractivity (Wildman–Crippen MR) is 73.4 cm³/mol. The minimum Gasteiger partial charge on any atom is -0.392 e. The molecule has 0 bridgehead atoms. The summed E-state index contributed by atoms with van der Waals surface area (Å²) in [5, 5.41) is 12.9. The smallest absolute Gasteiger partial charge is 0.126 e. The number of aromatic nitrogens is 2. The number of hydrogen-bond donors (Lipinski definition) is 2. The Bertz CT molecular complexity index is 521. The maximum Gasteiger partial charge on any atom is 0.126 e. The Morgan fingerprint density at radius 2 is 2.11 bits per heavy atom. The van der Waals surface area contributed by atoms with Crippen molar-refractivity contribution in [3.8, 4) is 0 Å². The van der Waals surface area contributed by atoms with E-state index in [9.17, 15) is 5.11 Å². The monoisotopic (exact) mass is 247 g/mol. The van der Waals surface area contributed by atoms with Gasteiger partial charge in [0, 0.05) is 13.6 Å². The summed E-state index contributed by atoms with van der Waals surface area (Å²) >= 11 is 0. The van der Waals surface area contributed by atoms with Crippen LogP contribution >= 0.6 is 0 Å². The fourth-order valence-electron chi connectivity index (χ4n) is 2.10. The Morgan fingerprint density at radius 1 is 1.39 bits per heavy atom. The van der Waals surface area contributed by atoms with Gasteiger partial charge < -0.3 is 15.0 Å². The molecule has 98 valence electrons. The first-order valence-corrected chi connectivity index (χ1v) is 6.46. The lowest BCUT2D eigenvalue weighted by atomic mass is 10.2. The van der Waals surface area contributed by atoms with Gasteiger partial charge in [-0.1, -0.05) is 19.1 Å². The van der Waals surface area contributed by atoms with E-state index in [1.54, 1.807) is 0 Å². The van der Waals surface area contributed by atoms with Crippen LogP contribution in [0.3, 0.4) is 0 Å². The quantitative estimate of drug-likeness (QED) is 0.849. The summed E-state index contributed by atoms with van der Waals surface area (Å²) in [5.41, 5.74) is 2.15. The predicted octanol–water partition coefficient (Wildman–Crippen LogP) is 1.99. The lowest BCUT2D eigenvalue weighted by molar-refractivity contribution is 0.163. The highest BCUT2D eigenvalue weighted by Crippen LogP contribution is 2.18. The average Bonchev–Trinajstić information content (AvgIpc) is 2.73. The van der Waals surface area contributed by atoms with Crippen LogP contribution in [0.4, 0.5) is 0 Å². The number of para-hydroxylation sites is 2. The minimum absolute atomic E-state index is 0.128. The van der Waals surface area contributed by atoms with Gasteiger partial charge >= 0.3 is 0 Å². The van der Waals surface area contributed by atoms with E-state index in [4.69, 9.17) is 0 Å². The van der Waals surface area contributed by atoms with Crippen molar-refractivity contribution < 1.29 is 5.11 Å². The van der Waals surface area contributed by atoms with Crippen LogP contribution in [0.2, 0.25) is 0 Å². The molecule has 0 aliphatic carbocycles. The Morgan fingerprint density at radius 3 is 2.78 bits per heavy atom. The first kappa shape index (κ1) is 13.1. The molecule has 2 rings (SSSR count). The zero-order valence-corrected chi connectivity index (χ0v) is 11.2. The third-order valence-electron chi connectivity index (χ3n) is 3.34. The second-order valence-electron chi connectivity index (χ2n) is 4.71. The summed E-state index contributed by atoms with van der Waals surface area (Å²) in [7, 11) is 2.03. The molecule has 2 atom stereocenters. The zero-order valence-electron chi connectivity index (χ0n) is 11.2. The van der Waals surface area contributed by atoms with Gasteiger partial charge in [-0.25, -0.2) is 4.98 Å². The number of aryl methyl sites for hydroxylation is 1. The normalized spacial score (nSPS) is 14.9. The van der Waals surface area contributed by atoms with Crippen molar-refractivity contribution in [1.82, 2.24) is 14.9 Å². The fourth-order valence-corrected chi connectivity index (χ4v) is 2.10. The largest absolute Gasteiger partial charge is 0.392 e. The number of fused-ring (bicyclic) bond motifs is 1. The number of nitrogens with zero attached hydrogens (tertiary/aromatic N) is 2. The van der Waals surface area contributed by atoms with Gasteiger partial charge in [0.05, 0.1) is 23.2 Å². The first-order valence-electron chi connectivity index (χ1n) is 6.46. The molecule has 0 aliphatic rings. The molecule has 2 unspecified atom stereocenters. The molecular formula is C14H21N3O. The summed E-state index contributed by atoms with van der Waals surface area (Å²) in [6.07, 6.45) is 0.476. The third kappa shape index (κ3) is 2.54. The molecule has 0 spiro atoms. The van der Waals surface area contributed by atoms with Gasteiger partial charge in [-0.3, -0.25) is 0 Å². The highest BCUT2D eigenvalue weighted by atomic mass is 16.3. The summed E-state index contributed by atoms with van der Waals surface area (Å²) in [5.74, 6) is 1.000. The molecule has 0 aliphatic heterocycles. The van der Waals surface area contributed by atoms with Gasteiger partial charge in [0.2, 0.25) is 0 Å². The summed E-state index contributed by atoms with van der Waals surface area (Å²) < 4.78 is 2.10. The number of aliphatic hydroxyl groups is 1. The van der Waals surface area contributed by atoms with E-state index in [-0.39, 0.29) is 12.1 Å². The van der Waals surface area contributed by atoms with E-state index in [1.165, 1.54) is 0 Å². The summed E-state index contributed by atoms with van der Waals surface area (Å²) in [4.78, 5) is 4.63. The lowest BCUT2D eigenvalue weighted by Crippen LogP contribution is -2.29. The Labute approximate surface area is 108 Å². The van der Waals surface area contributed by atoms with Gasteiger partial charge in [0.1, 0.15) is 5.82 Å². The van der Waals surface area contributed by atoms with E-state index in [0.717, 1.165) is 23.3 Å². The molecule has 4 nitrogen and oxygen atoms in total. The Balaban J connectivity index is 2.17. The molecule has 18 heavy (non-hydrogen) atoms. The molecule has 0 saturated carbocycles. The molecule has 1 heterocycles. The molecule has 1 aromatic heterocycles. The Hall–Kier alpha value is -1.39. The topological polar surface area (TPSA) is 50.1 Å². The van der Waals surface area contributed by atoms with Gasteiger partial charge in [-0.15, -0.1) is 0 Å². The van der Waals surface area contributed by atoms with Crippen LogP contribution in [-0.2, 0) is 7.05 Å². The van der Waals surface area contributed by atoms with Crippen LogP contribution < -0.4 is 5.32 Å². The second kappa shape index (κ2) is 5.50. The maximum absolute atomic E-state index is 9.57. The number of imidazole rings is 1. The van der Waals surface area contributed by atoms with Crippen LogP contribution in [0.15, 0.2) is 24.3 Å². The molecule has 2 N–H and O–H groups in total. The number of aliphatic hydroxyl groups excluding tert-OH is 1. The maximum atomic E-state index is 9.57. The molecule has 4 heteroatoms. The minimum atomic E-state index is -0.290. The van der Waals surface area contributed by atoms with E-state index >= 15 is 0 Å². The van der Waals surface area contributed by atoms with E-state index in [1.807, 2.05) is 32.2 Å². The number of benzene rings is 1. The highest BCUT2D eigenvalue weighted by Gasteiger charge is 2.14. The van der Waals surface area contributed by atoms with Crippen molar-refractivity contribution in [2.75, 3.05) is 6.54 Å². The summed E-state index contributed by atoms with van der Waals surface area (Å²) in [6, 6.07) is 8.24. The number of nitrogens with one attached hydrogen (secondary N) is 1. The van der Waals surface area contributed by atoms with Gasteiger partial charge in [-0.05, 0) is 25.5 Å². The molecule has 1 aromatic carbocycles. The van der Waals surface area contributed by atoms with Gasteiger partial charge in [0.25, 0.3) is 0 Å². The van der Waals surface area contributed by atoms with Gasteiger partial charge in [0.15, 0.2) is 0 Å². The van der Waals surface area contributed by atoms with Crippen molar-refractivity contribution in [1.29, 1.82) is 0 Å². The van der Waals surface area contributed by atoms with Crippen molar-refractivity contribution in [3.63, 3.8) is 0 Å². The highest BCUT2D eigenvalue weighted by molar-refractivity contribution is 5.75. The number of rotatable bonds is 5. The SMILES string of the molecule is CCC(O)CNC(C)c1nc2ccccc2n1C. The number of hydrogen-bond acceptors (Lipinski definition) is 3. The molecular weight excluding hydrogens is 226 g/mol. The summed E-state index contributed by atoms with van der Waals surface area (Å²) in [6.45, 7) is 4.65. The van der Waals surface area contributed by atoms with Crippen LogP contribution in [0, 0.1) is 0 Å². The fraction of sp³-hybridized carbons (Fsp3) is 0.500. The van der Waals surface area contributed by atoms with Crippen molar-refractivity contribution in [3.05, 3.63) is 30.1 Å². The standard InChI is InChI=1S/C14H21N3O/c1-4-11(18)9-15-10(2)14-16-12-7-5-6-8-13(12)17(14)3/h5-8,10-11,15,18H,4,9H2,1-3H3. The Kier molecular flexibility index (Phi) is 3.99. The third-order valence-corrected chi connectivity index (χ3v) is 3.34. The molecule has 0 fully saturated rings. The molecule has 2 aromatic rings. The molecule has 0 saturated heterocycles. The van der Waals surface area contributed by atoms with Crippen LogP contribution in [0.5, 0.6) is 0 Å². The van der Waals surface area contributed by atoms with Crippen molar-refractivity contribution in [2.24, 2.45) is 7.05 Å². The van der Waals surface area contributed by atoms with Crippen LogP contribution in [0.1, 0.15) is 32.1 Å². The van der Waals surface area contributed by atoms with Crippen LogP contribution in [-0.4, -0.2) is 27.3 Å². The van der Waals surface area contributed by atoms with Gasteiger partial charge in [-0.2, -0.15) is 0 Å². The first-order chi connectivity index (χ1) is 8.63. The zero-order chi connectivity index (χ0) is 13.1. The average molecular weight is 247 g/mol. The van der Waals surface area contributed by atoms with Crippen LogP contribution in [0.25, 0.3) is 11.0 Å². The van der Waals surface area contributed by atoms with E-state index in [0.29, 0.717) is 6.54 Å². The van der Waals surface area contributed by atoms with E-state index in [2.05, 4.69) is 27.9 Å². The van der Waals surface area contributed by atoms with Crippen molar-refractivity contribution >= 4 is 11.0 Å². The van der Waals surface area contributed by atoms with Crippen molar-refractivity contribution in [2.45, 2.75) is 32.4 Å².